The number of nitrogens with zero attached hydrogens (tertiary/aromatic N) is 3. The Bertz CT molecular complexity index is 2870. The van der Waals surface area contributed by atoms with Crippen molar-refractivity contribution in [3.8, 4) is 11.5 Å². The summed E-state index contributed by atoms with van der Waals surface area (Å²) in [6.45, 7) is 26.5. The lowest BCUT2D eigenvalue weighted by molar-refractivity contribution is -0.160. The number of aliphatic hydroxyl groups is 3. The van der Waals surface area contributed by atoms with Gasteiger partial charge < -0.3 is 54.0 Å². The van der Waals surface area contributed by atoms with Gasteiger partial charge in [-0.05, 0) is 31.8 Å². The fraction of sp³-hybridized carbons (Fsp3) is 0.519. The summed E-state index contributed by atoms with van der Waals surface area (Å²) in [4.78, 5) is 63.9. The Balaban J connectivity index is 1.47. The normalized spacial score (nSPS) is 20.0. The van der Waals surface area contributed by atoms with Crippen molar-refractivity contribution < 1.29 is 53.4 Å². The second-order valence-corrected chi connectivity index (χ2v) is 19.5. The summed E-state index contributed by atoms with van der Waals surface area (Å²) in [6, 6.07) is 3.15. The molecular weight excluding hydrogens is 889 g/mol. The number of anilines is 2. The summed E-state index contributed by atoms with van der Waals surface area (Å²) in [5.74, 6) is -5.75. The molecule has 0 radical (unpaired) electrons. The van der Waals surface area contributed by atoms with Gasteiger partial charge in [0.25, 0.3) is 5.91 Å². The highest BCUT2D eigenvalue weighted by atomic mass is 16.7. The van der Waals surface area contributed by atoms with Gasteiger partial charge in [0, 0.05) is 106 Å². The third kappa shape index (κ3) is 10.3. The van der Waals surface area contributed by atoms with Crippen LogP contribution in [-0.4, -0.2) is 112 Å². The maximum Gasteiger partial charge on any atom is 0.307 e. The number of aliphatic hydroxyl groups excluding tert-OH is 3. The molecule has 3 aromatic carbocycles. The first-order valence-electron chi connectivity index (χ1n) is 23.5. The second kappa shape index (κ2) is 20.9. The summed E-state index contributed by atoms with van der Waals surface area (Å²) >= 11 is 0. The van der Waals surface area contributed by atoms with Crippen LogP contribution < -0.4 is 31.0 Å². The summed E-state index contributed by atoms with van der Waals surface area (Å²) in [5.41, 5.74) is -1.26. The predicted molar refractivity (Wildman–Crippen MR) is 265 cm³/mol. The summed E-state index contributed by atoms with van der Waals surface area (Å²) < 4.78 is 30.5. The quantitative estimate of drug-likeness (QED) is 0.0193. The minimum absolute atomic E-state index is 0.0439. The van der Waals surface area contributed by atoms with Crippen LogP contribution in [0.2, 0.25) is 0 Å². The second-order valence-electron chi connectivity index (χ2n) is 19.5. The number of hydrogen-bond acceptors (Lipinski definition) is 16. The van der Waals surface area contributed by atoms with Crippen LogP contribution in [0.4, 0.5) is 11.4 Å². The number of carbonyl (C=O) groups excluding carboxylic acids is 2. The zero-order valence-corrected chi connectivity index (χ0v) is 41.7. The molecule has 0 bridgehead atoms. The van der Waals surface area contributed by atoms with Gasteiger partial charge in [0.1, 0.15) is 28.8 Å². The number of amides is 1. The highest BCUT2D eigenvalue weighted by Gasteiger charge is 2.44. The Labute approximate surface area is 401 Å². The predicted octanol–water partition coefficient (Wildman–Crippen LogP) is 5.97. The Hall–Kier alpha value is -6.01. The number of nitrogens with one attached hydrogen (secondary N) is 1. The first-order chi connectivity index (χ1) is 32.5. The van der Waals surface area contributed by atoms with Crippen LogP contribution in [0, 0.1) is 36.5 Å². The smallest absolute Gasteiger partial charge is 0.307 e. The number of fused-ring (bicyclic) bond motifs is 6. The van der Waals surface area contributed by atoms with Crippen LogP contribution in [0.5, 0.6) is 11.5 Å². The zero-order chi connectivity index (χ0) is 51.0. The average Bonchev–Trinajstić information content (AvgIpc) is 3.56. The molecule has 2 aliphatic heterocycles. The number of rotatable bonds is 18. The van der Waals surface area contributed by atoms with Crippen LogP contribution in [-0.2, 0) is 23.8 Å². The molecular formula is C52H68N4O13. The van der Waals surface area contributed by atoms with E-state index in [1.54, 1.807) is 26.8 Å². The van der Waals surface area contributed by atoms with E-state index in [-0.39, 0.29) is 66.7 Å². The first kappa shape index (κ1) is 52.4. The first-order valence-corrected chi connectivity index (χ1v) is 23.5. The highest BCUT2D eigenvalue weighted by Crippen LogP contribution is 2.42. The van der Waals surface area contributed by atoms with E-state index < -0.39 is 82.2 Å². The maximum atomic E-state index is 14.8. The lowest BCUT2D eigenvalue weighted by atomic mass is 9.78. The van der Waals surface area contributed by atoms with Gasteiger partial charge in [-0.3, -0.25) is 24.1 Å². The topological polar surface area (TPSA) is 231 Å². The number of methoxy groups -OCH3 is 1. The van der Waals surface area contributed by atoms with E-state index >= 15 is 0 Å². The van der Waals surface area contributed by atoms with Gasteiger partial charge in [-0.1, -0.05) is 67.2 Å². The van der Waals surface area contributed by atoms with Crippen molar-refractivity contribution >= 4 is 62.0 Å². The SMILES string of the molecule is C=C/C=C(/C)C(=O)Nc1c(=O)c2c(O)c(C)c3c(c2c2nc4c(=O)cc(N5CCN(CC(C)C)CC5)cc4oc12)=C(O)[C@@](C)(O/C=C/[C@H](OC)[C@@H](C)[C@@H](OC(C)=O)[C@H](C)[C@H](O)[C@H](C)[C@@H](O)C(C)C)O3. The number of benzene rings is 3. The fourth-order valence-corrected chi connectivity index (χ4v) is 9.58. The van der Waals surface area contributed by atoms with Crippen LogP contribution in [0.3, 0.4) is 0 Å². The molecule has 17 heteroatoms. The molecule has 0 aliphatic carbocycles. The number of esters is 1. The van der Waals surface area contributed by atoms with Crippen LogP contribution in [0.1, 0.15) is 74.8 Å². The zero-order valence-electron chi connectivity index (χ0n) is 41.7. The molecule has 3 heterocycles. The van der Waals surface area contributed by atoms with Crippen LogP contribution in [0.25, 0.3) is 38.7 Å². The third-order valence-corrected chi connectivity index (χ3v) is 13.5. The summed E-state index contributed by atoms with van der Waals surface area (Å²) in [7, 11) is 1.44. The minimum Gasteiger partial charge on any atom is -0.507 e. The molecule has 2 aliphatic rings. The van der Waals surface area contributed by atoms with Crippen molar-refractivity contribution in [3.05, 3.63) is 80.0 Å². The largest absolute Gasteiger partial charge is 0.507 e. The monoisotopic (exact) mass is 956 g/mol. The third-order valence-electron chi connectivity index (χ3n) is 13.5. The van der Waals surface area contributed by atoms with E-state index in [9.17, 15) is 39.6 Å². The van der Waals surface area contributed by atoms with E-state index in [0.29, 0.717) is 24.7 Å². The van der Waals surface area contributed by atoms with Gasteiger partial charge >= 0.3 is 11.8 Å². The number of phenolic OH excluding ortho intramolecular Hbond substituents is 1. The van der Waals surface area contributed by atoms with Gasteiger partial charge in [-0.25, -0.2) is 4.98 Å². The number of allylic oxidation sites excluding steroid dienone is 2. The number of phenols is 1. The molecule has 5 N–H and O–H groups in total. The van der Waals surface area contributed by atoms with E-state index in [1.807, 2.05) is 13.8 Å². The molecule has 0 spiro atoms. The molecule has 1 fully saturated rings. The van der Waals surface area contributed by atoms with Crippen molar-refractivity contribution in [1.82, 2.24) is 9.88 Å². The number of aromatic hydroxyl groups is 1. The van der Waals surface area contributed by atoms with Crippen molar-refractivity contribution in [3.63, 3.8) is 0 Å². The van der Waals surface area contributed by atoms with Crippen molar-refractivity contribution in [1.29, 1.82) is 0 Å². The molecule has 1 aromatic heterocycles. The number of carbonyl (C=O) groups is 2. The van der Waals surface area contributed by atoms with Crippen LogP contribution >= 0.6 is 0 Å². The molecule has 0 unspecified atom stereocenters. The highest BCUT2D eigenvalue weighted by molar-refractivity contribution is 6.16. The summed E-state index contributed by atoms with van der Waals surface area (Å²) in [6.07, 6.45) is 2.10. The molecule has 17 nitrogen and oxygen atoms in total. The minimum atomic E-state index is -1.99. The van der Waals surface area contributed by atoms with Crippen molar-refractivity contribution in [2.24, 2.45) is 29.6 Å². The molecule has 8 atom stereocenters. The summed E-state index contributed by atoms with van der Waals surface area (Å²) in [5, 5.41) is 48.2. The Morgan fingerprint density at radius 2 is 1.62 bits per heavy atom. The van der Waals surface area contributed by atoms with E-state index in [0.717, 1.165) is 19.6 Å². The van der Waals surface area contributed by atoms with E-state index in [1.165, 1.54) is 65.4 Å². The molecule has 1 saturated heterocycles. The maximum absolute atomic E-state index is 14.8. The van der Waals surface area contributed by atoms with Gasteiger partial charge in [-0.15, -0.1) is 0 Å². The van der Waals surface area contributed by atoms with Crippen molar-refractivity contribution in [2.75, 3.05) is 50.1 Å². The molecule has 4 aromatic rings. The Morgan fingerprint density at radius 3 is 2.22 bits per heavy atom. The lowest BCUT2D eigenvalue weighted by Crippen LogP contribution is -2.47. The molecule has 69 heavy (non-hydrogen) atoms. The van der Waals surface area contributed by atoms with Crippen LogP contribution in [0.15, 0.2) is 62.8 Å². The van der Waals surface area contributed by atoms with Gasteiger partial charge in [0.15, 0.2) is 22.4 Å². The molecule has 0 saturated carbocycles. The van der Waals surface area contributed by atoms with Crippen molar-refractivity contribution in [2.45, 2.75) is 106 Å². The molecule has 1 amide bonds. The van der Waals surface area contributed by atoms with E-state index in [2.05, 4.69) is 35.5 Å². The Kier molecular flexibility index (Phi) is 15.9. The average molecular weight is 957 g/mol. The number of aromatic nitrogens is 1. The van der Waals surface area contributed by atoms with E-state index in [4.69, 9.17) is 28.3 Å². The number of hydrogen-bond donors (Lipinski definition) is 5. The van der Waals surface area contributed by atoms with Gasteiger partial charge in [0.2, 0.25) is 10.9 Å². The van der Waals surface area contributed by atoms with Gasteiger partial charge in [0.05, 0.1) is 35.2 Å². The standard InChI is InChI=1S/C52H68N4O13/c1-14-15-27(6)51(64)54-42-46(62)38-37(41-49(42)68-36-23-33(22-34(58)40(36)53-41)56-19-17-55(18-20-56)24-25(2)3)39-48(31(10)45(38)61)69-52(12,50(39)63)66-21-16-35(65-13)28(7)47(67-32(11)57)30(9)44(60)29(8)43(59)26(4)5/h14-16,21-23,25-26,28-30,35,43-44,47,59-61,63H,1,17-20,24H2,2-13H3,(H,54,64)/b21-16+,27-15-/t28-,29-,30-,35+,43+,44-,47-,52+/m1/s1. The lowest BCUT2D eigenvalue weighted by Gasteiger charge is -2.37. The molecule has 374 valence electrons. The van der Waals surface area contributed by atoms with Gasteiger partial charge in [-0.2, -0.15) is 0 Å². The Morgan fingerprint density at radius 1 is 0.957 bits per heavy atom. The molecule has 6 rings (SSSR count). The number of piperazine rings is 1. The number of ether oxygens (including phenoxy) is 4. The fourth-order valence-electron chi connectivity index (χ4n) is 9.58.